The third-order valence-electron chi connectivity index (χ3n) is 2.18. The third-order valence-corrected chi connectivity index (χ3v) is 4.80. The molecule has 2 N–H and O–H groups in total. The molecule has 0 aliphatic heterocycles. The third kappa shape index (κ3) is 4.66. The average Bonchev–Trinajstić information content (AvgIpc) is 2.28. The molecule has 1 unspecified atom stereocenters. The zero-order valence-electron chi connectivity index (χ0n) is 10.4. The minimum absolute atomic E-state index is 0.0403. The smallest absolute Gasteiger partial charge is 0.148 e. The molecule has 0 fully saturated rings. The number of ether oxygens (including phenoxy) is 1. The van der Waals surface area contributed by atoms with E-state index in [9.17, 15) is 12.6 Å². The van der Waals surface area contributed by atoms with E-state index >= 15 is 0 Å². The summed E-state index contributed by atoms with van der Waals surface area (Å²) in [5, 5.41) is 0. The minimum atomic E-state index is -3.13. The Hall–Kier alpha value is -1.08. The Morgan fingerprint density at radius 1 is 1.39 bits per heavy atom. The summed E-state index contributed by atoms with van der Waals surface area (Å²) in [5.74, 6) is 0.491. The molecule has 0 spiro atoms. The number of rotatable bonds is 6. The first-order valence-electron chi connectivity index (χ1n) is 5.42. The molecule has 102 valence electrons. The van der Waals surface area contributed by atoms with Gasteiger partial charge in [0.2, 0.25) is 0 Å². The van der Waals surface area contributed by atoms with Crippen molar-refractivity contribution in [1.82, 2.24) is 0 Å². The van der Waals surface area contributed by atoms with E-state index in [4.69, 9.17) is 10.5 Å². The number of hydrogen-bond acceptors (Lipinski definition) is 5. The fraction of sp³-hybridized carbons (Fsp3) is 0.455. The molecule has 0 saturated heterocycles. The summed E-state index contributed by atoms with van der Waals surface area (Å²) in [5.41, 5.74) is 6.11. The van der Waals surface area contributed by atoms with Crippen LogP contribution in [0.1, 0.15) is 6.92 Å². The van der Waals surface area contributed by atoms with Crippen molar-refractivity contribution < 1.29 is 17.4 Å². The molecule has 7 heteroatoms. The van der Waals surface area contributed by atoms with Crippen molar-refractivity contribution >= 4 is 26.3 Å². The molecule has 5 nitrogen and oxygen atoms in total. The largest absolute Gasteiger partial charge is 0.494 e. The van der Waals surface area contributed by atoms with Crippen LogP contribution in [0, 0.1) is 0 Å². The monoisotopic (exact) mass is 291 g/mol. The molecule has 1 aromatic carbocycles. The summed E-state index contributed by atoms with van der Waals surface area (Å²) in [6, 6.07) is 4.89. The number of nitrogen functional groups attached to an aromatic ring is 1. The van der Waals surface area contributed by atoms with E-state index < -0.39 is 20.6 Å². The second kappa shape index (κ2) is 6.19. The van der Waals surface area contributed by atoms with Gasteiger partial charge in [0.05, 0.1) is 28.1 Å². The van der Waals surface area contributed by atoms with E-state index in [1.54, 1.807) is 18.2 Å². The summed E-state index contributed by atoms with van der Waals surface area (Å²) < 4.78 is 39.3. The van der Waals surface area contributed by atoms with Crippen LogP contribution in [-0.4, -0.2) is 37.0 Å². The van der Waals surface area contributed by atoms with Crippen LogP contribution in [0.2, 0.25) is 0 Å². The van der Waals surface area contributed by atoms with Crippen LogP contribution < -0.4 is 10.5 Å². The molecule has 0 aromatic heterocycles. The number of nitrogens with two attached hydrogens (primary N) is 1. The molecule has 1 aromatic rings. The predicted octanol–water partition coefficient (Wildman–Crippen LogP) is 0.820. The molecule has 1 atom stereocenters. The Kier molecular flexibility index (Phi) is 5.15. The Morgan fingerprint density at radius 2 is 2.06 bits per heavy atom. The van der Waals surface area contributed by atoms with Crippen molar-refractivity contribution in [2.24, 2.45) is 0 Å². The summed E-state index contributed by atoms with van der Waals surface area (Å²) in [6.07, 6.45) is 1.12. The van der Waals surface area contributed by atoms with Crippen LogP contribution in [0.25, 0.3) is 0 Å². The van der Waals surface area contributed by atoms with Gasteiger partial charge < -0.3 is 10.5 Å². The van der Waals surface area contributed by atoms with Gasteiger partial charge in [-0.1, -0.05) is 0 Å². The normalized spacial score (nSPS) is 13.2. The van der Waals surface area contributed by atoms with Gasteiger partial charge in [0.1, 0.15) is 15.6 Å². The fourth-order valence-corrected chi connectivity index (χ4v) is 3.92. The molecular weight excluding hydrogens is 274 g/mol. The van der Waals surface area contributed by atoms with Crippen molar-refractivity contribution in [1.29, 1.82) is 0 Å². The van der Waals surface area contributed by atoms with Crippen LogP contribution in [-0.2, 0) is 20.6 Å². The summed E-state index contributed by atoms with van der Waals surface area (Å²) in [7, 11) is -4.56. The molecule has 0 radical (unpaired) electrons. The highest BCUT2D eigenvalue weighted by Gasteiger charge is 2.12. The second-order valence-electron chi connectivity index (χ2n) is 3.81. The number of hydrogen-bond donors (Lipinski definition) is 1. The molecular formula is C11H17NO4S2. The highest BCUT2D eigenvalue weighted by molar-refractivity contribution is 7.92. The van der Waals surface area contributed by atoms with E-state index in [1.165, 1.54) is 0 Å². The molecule has 18 heavy (non-hydrogen) atoms. The van der Waals surface area contributed by atoms with Gasteiger partial charge in [-0.05, 0) is 25.1 Å². The standard InChI is InChI=1S/C11H17NO4S2/c1-3-16-9-4-5-10(12)11(8-9)17(13)6-7-18(2,14)15/h4-5,8H,3,6-7,12H2,1-2H3. The van der Waals surface area contributed by atoms with Gasteiger partial charge in [0, 0.05) is 17.7 Å². The molecule has 1 rings (SSSR count). The number of sulfone groups is 1. The fourth-order valence-electron chi connectivity index (χ4n) is 1.31. The molecule has 0 saturated carbocycles. The van der Waals surface area contributed by atoms with Crippen molar-refractivity contribution in [2.75, 3.05) is 30.1 Å². The van der Waals surface area contributed by atoms with Crippen molar-refractivity contribution in [3.05, 3.63) is 18.2 Å². The number of anilines is 1. The van der Waals surface area contributed by atoms with E-state index in [2.05, 4.69) is 0 Å². The van der Waals surface area contributed by atoms with Crippen LogP contribution in [0.4, 0.5) is 5.69 Å². The van der Waals surface area contributed by atoms with Crippen LogP contribution in [0.15, 0.2) is 23.1 Å². The lowest BCUT2D eigenvalue weighted by molar-refractivity contribution is 0.339. The first kappa shape index (κ1) is 15.0. The van der Waals surface area contributed by atoms with Gasteiger partial charge in [-0.15, -0.1) is 0 Å². The maximum absolute atomic E-state index is 12.0. The van der Waals surface area contributed by atoms with Crippen LogP contribution >= 0.6 is 0 Å². The Morgan fingerprint density at radius 3 is 2.61 bits per heavy atom. The Bertz CT molecular complexity index is 540. The first-order chi connectivity index (χ1) is 8.33. The SMILES string of the molecule is CCOc1ccc(N)c(S(=O)CCS(C)(=O)=O)c1. The van der Waals surface area contributed by atoms with E-state index in [-0.39, 0.29) is 11.5 Å². The lowest BCUT2D eigenvalue weighted by Gasteiger charge is -2.08. The first-order valence-corrected chi connectivity index (χ1v) is 8.80. The topological polar surface area (TPSA) is 86.5 Å². The lowest BCUT2D eigenvalue weighted by Crippen LogP contribution is -2.12. The molecule has 0 amide bonds. The molecule has 0 bridgehead atoms. The van der Waals surface area contributed by atoms with Crippen LogP contribution in [0.5, 0.6) is 5.75 Å². The maximum Gasteiger partial charge on any atom is 0.148 e. The van der Waals surface area contributed by atoms with Gasteiger partial charge in [-0.25, -0.2) is 8.42 Å². The highest BCUT2D eigenvalue weighted by atomic mass is 32.2. The van der Waals surface area contributed by atoms with E-state index in [1.807, 2.05) is 6.92 Å². The predicted molar refractivity (Wildman–Crippen MR) is 73.0 cm³/mol. The lowest BCUT2D eigenvalue weighted by atomic mass is 10.3. The summed E-state index contributed by atoms with van der Waals surface area (Å²) in [6.45, 7) is 2.34. The second-order valence-corrected chi connectivity index (χ2v) is 7.61. The van der Waals surface area contributed by atoms with Gasteiger partial charge in [-0.2, -0.15) is 0 Å². The molecule has 0 heterocycles. The Labute approximate surface area is 110 Å². The zero-order chi connectivity index (χ0) is 13.8. The summed E-state index contributed by atoms with van der Waals surface area (Å²) in [4.78, 5) is 0.421. The van der Waals surface area contributed by atoms with Gasteiger partial charge in [0.15, 0.2) is 0 Å². The zero-order valence-corrected chi connectivity index (χ0v) is 12.0. The average molecular weight is 291 g/mol. The molecule has 0 aliphatic rings. The number of benzene rings is 1. The van der Waals surface area contributed by atoms with Crippen molar-refractivity contribution in [3.63, 3.8) is 0 Å². The minimum Gasteiger partial charge on any atom is -0.494 e. The van der Waals surface area contributed by atoms with Crippen LogP contribution in [0.3, 0.4) is 0 Å². The van der Waals surface area contributed by atoms with E-state index in [0.717, 1.165) is 6.26 Å². The van der Waals surface area contributed by atoms with Gasteiger partial charge in [-0.3, -0.25) is 4.21 Å². The van der Waals surface area contributed by atoms with Gasteiger partial charge >= 0.3 is 0 Å². The van der Waals surface area contributed by atoms with Gasteiger partial charge in [0.25, 0.3) is 0 Å². The highest BCUT2D eigenvalue weighted by Crippen LogP contribution is 2.23. The quantitative estimate of drug-likeness (QED) is 0.784. The molecule has 0 aliphatic carbocycles. The van der Waals surface area contributed by atoms with Crippen molar-refractivity contribution in [2.45, 2.75) is 11.8 Å². The van der Waals surface area contributed by atoms with E-state index in [0.29, 0.717) is 22.9 Å². The maximum atomic E-state index is 12.0. The van der Waals surface area contributed by atoms with Crippen molar-refractivity contribution in [3.8, 4) is 5.75 Å². The summed E-state index contributed by atoms with van der Waals surface area (Å²) >= 11 is 0. The Balaban J connectivity index is 2.87.